The summed E-state index contributed by atoms with van der Waals surface area (Å²) >= 11 is 5.87. The van der Waals surface area contributed by atoms with Crippen LogP contribution in [0.3, 0.4) is 0 Å². The van der Waals surface area contributed by atoms with Gasteiger partial charge in [0.2, 0.25) is 5.91 Å². The third kappa shape index (κ3) is 3.77. The van der Waals surface area contributed by atoms with Gasteiger partial charge in [-0.2, -0.15) is 0 Å². The molecule has 0 unspecified atom stereocenters. The van der Waals surface area contributed by atoms with Gasteiger partial charge in [0.05, 0.1) is 36.8 Å². The first kappa shape index (κ1) is 16.5. The van der Waals surface area contributed by atoms with Crippen molar-refractivity contribution in [3.8, 4) is 5.75 Å². The van der Waals surface area contributed by atoms with Gasteiger partial charge in [-0.3, -0.25) is 9.69 Å². The van der Waals surface area contributed by atoms with E-state index in [1.165, 1.54) is 6.07 Å². The summed E-state index contributed by atoms with van der Waals surface area (Å²) in [5.41, 5.74) is 0.752. The van der Waals surface area contributed by atoms with Crippen molar-refractivity contribution in [3.05, 3.63) is 28.8 Å². The lowest BCUT2D eigenvalue weighted by atomic mass is 10.1. The predicted molar refractivity (Wildman–Crippen MR) is 85.6 cm³/mol. The third-order valence-electron chi connectivity index (χ3n) is 4.49. The molecule has 2 aliphatic heterocycles. The molecule has 2 aliphatic rings. The van der Waals surface area contributed by atoms with Gasteiger partial charge in [0.25, 0.3) is 0 Å². The Bertz CT molecular complexity index is 577. The fourth-order valence-corrected chi connectivity index (χ4v) is 3.39. The normalized spacial score (nSPS) is 25.7. The number of aromatic hydroxyl groups is 1. The number of aliphatic hydroxyl groups is 1. The second kappa shape index (κ2) is 7.05. The molecule has 2 fully saturated rings. The van der Waals surface area contributed by atoms with Gasteiger partial charge >= 0.3 is 0 Å². The highest BCUT2D eigenvalue weighted by atomic mass is 35.5. The fraction of sp³-hybridized carbons (Fsp3) is 0.562. The number of benzene rings is 1. The van der Waals surface area contributed by atoms with Crippen molar-refractivity contribution in [1.82, 2.24) is 9.80 Å². The van der Waals surface area contributed by atoms with Crippen LogP contribution in [0.5, 0.6) is 5.75 Å². The summed E-state index contributed by atoms with van der Waals surface area (Å²) in [5.74, 6) is -0.0339. The first-order chi connectivity index (χ1) is 11.0. The van der Waals surface area contributed by atoms with Gasteiger partial charge in [-0.1, -0.05) is 17.7 Å². The lowest BCUT2D eigenvalue weighted by molar-refractivity contribution is -0.129. The maximum absolute atomic E-state index is 12.5. The van der Waals surface area contributed by atoms with Gasteiger partial charge in [-0.25, -0.2) is 0 Å². The number of morpholine rings is 1. The molecule has 0 bridgehead atoms. The molecule has 0 aromatic heterocycles. The molecule has 0 saturated carbocycles. The molecule has 6 nitrogen and oxygen atoms in total. The molecule has 7 heteroatoms. The Hall–Kier alpha value is -1.34. The van der Waals surface area contributed by atoms with E-state index in [1.807, 2.05) is 0 Å². The summed E-state index contributed by atoms with van der Waals surface area (Å²) in [6.45, 7) is 3.81. The molecular formula is C16H21ClN2O4. The number of β-amino-alcohol motifs (C(OH)–C–C–N with tert-alkyl or cyclic N) is 1. The first-order valence-electron chi connectivity index (χ1n) is 7.79. The van der Waals surface area contributed by atoms with Crippen molar-refractivity contribution in [3.63, 3.8) is 0 Å². The average Bonchev–Trinajstić information content (AvgIpc) is 2.94. The summed E-state index contributed by atoms with van der Waals surface area (Å²) in [6.07, 6.45) is -0.316. The summed E-state index contributed by atoms with van der Waals surface area (Å²) in [6, 6.07) is 4.75. The second-order valence-electron chi connectivity index (χ2n) is 6.04. The minimum atomic E-state index is -0.527. The molecule has 3 rings (SSSR count). The molecular weight excluding hydrogens is 320 g/mol. The summed E-state index contributed by atoms with van der Waals surface area (Å²) < 4.78 is 5.33. The molecule has 2 saturated heterocycles. The van der Waals surface area contributed by atoms with Crippen LogP contribution < -0.4 is 0 Å². The Kier molecular flexibility index (Phi) is 5.06. The third-order valence-corrected chi connectivity index (χ3v) is 4.80. The number of carbonyl (C=O) groups excluding carboxylic acids is 1. The average molecular weight is 341 g/mol. The molecule has 2 heterocycles. The standard InChI is InChI=1S/C16H21ClN2O4/c17-12-7-11(1-2-14(12)20)8-16(22)19-9-13(15(21)10-19)18-3-5-23-6-4-18/h1-2,7,13,15,20-21H,3-6,8-10H2/t13-,15-/m0/s1. The monoisotopic (exact) mass is 340 g/mol. The number of phenolic OH excluding ortho intramolecular Hbond substituents is 1. The first-order valence-corrected chi connectivity index (χ1v) is 8.17. The SMILES string of the molecule is O=C(Cc1ccc(O)c(Cl)c1)N1C[C@H](O)[C@@H](N2CCOCC2)C1. The number of amides is 1. The molecule has 1 aromatic rings. The van der Waals surface area contributed by atoms with Gasteiger partial charge in [0, 0.05) is 26.2 Å². The van der Waals surface area contributed by atoms with E-state index in [1.54, 1.807) is 17.0 Å². The number of ether oxygens (including phenoxy) is 1. The number of halogens is 1. The van der Waals surface area contributed by atoms with E-state index in [4.69, 9.17) is 16.3 Å². The van der Waals surface area contributed by atoms with Crippen molar-refractivity contribution >= 4 is 17.5 Å². The van der Waals surface area contributed by atoms with Gasteiger partial charge in [0.15, 0.2) is 0 Å². The minimum absolute atomic E-state index is 0.00634. The molecule has 0 spiro atoms. The topological polar surface area (TPSA) is 73.2 Å². The minimum Gasteiger partial charge on any atom is -0.506 e. The van der Waals surface area contributed by atoms with Crippen molar-refractivity contribution in [2.45, 2.75) is 18.6 Å². The molecule has 23 heavy (non-hydrogen) atoms. The maximum atomic E-state index is 12.5. The van der Waals surface area contributed by atoms with Crippen LogP contribution in [0.1, 0.15) is 5.56 Å². The van der Waals surface area contributed by atoms with E-state index in [0.717, 1.165) is 18.7 Å². The van der Waals surface area contributed by atoms with Crippen LogP contribution >= 0.6 is 11.6 Å². The predicted octanol–water partition coefficient (Wildman–Crippen LogP) is 0.492. The number of carbonyl (C=O) groups is 1. The molecule has 2 N–H and O–H groups in total. The largest absolute Gasteiger partial charge is 0.506 e. The number of aliphatic hydroxyl groups excluding tert-OH is 1. The Labute approximate surface area is 140 Å². The van der Waals surface area contributed by atoms with Crippen LogP contribution in [0.15, 0.2) is 18.2 Å². The van der Waals surface area contributed by atoms with E-state index in [9.17, 15) is 15.0 Å². The summed E-state index contributed by atoms with van der Waals surface area (Å²) in [4.78, 5) is 16.3. The maximum Gasteiger partial charge on any atom is 0.227 e. The van der Waals surface area contributed by atoms with Gasteiger partial charge in [-0.15, -0.1) is 0 Å². The van der Waals surface area contributed by atoms with Crippen LogP contribution in [-0.4, -0.2) is 77.5 Å². The zero-order valence-electron chi connectivity index (χ0n) is 12.8. The lowest BCUT2D eigenvalue weighted by Crippen LogP contribution is -2.49. The molecule has 1 aromatic carbocycles. The number of rotatable bonds is 3. The smallest absolute Gasteiger partial charge is 0.227 e. The number of nitrogens with zero attached hydrogens (tertiary/aromatic N) is 2. The van der Waals surface area contributed by atoms with E-state index in [-0.39, 0.29) is 29.1 Å². The number of hydrogen-bond donors (Lipinski definition) is 2. The van der Waals surface area contributed by atoms with Crippen molar-refractivity contribution in [2.24, 2.45) is 0 Å². The quantitative estimate of drug-likeness (QED) is 0.838. The number of phenols is 1. The van der Waals surface area contributed by atoms with E-state index < -0.39 is 6.10 Å². The Morgan fingerprint density at radius 3 is 2.74 bits per heavy atom. The van der Waals surface area contributed by atoms with Gasteiger partial charge in [0.1, 0.15) is 5.75 Å². The Morgan fingerprint density at radius 1 is 1.30 bits per heavy atom. The highest BCUT2D eigenvalue weighted by molar-refractivity contribution is 6.32. The van der Waals surface area contributed by atoms with Crippen LogP contribution in [-0.2, 0) is 16.0 Å². The second-order valence-corrected chi connectivity index (χ2v) is 6.45. The zero-order valence-corrected chi connectivity index (χ0v) is 13.6. The molecule has 126 valence electrons. The van der Waals surface area contributed by atoms with E-state index >= 15 is 0 Å². The summed E-state index contributed by atoms with van der Waals surface area (Å²) in [7, 11) is 0. The molecule has 0 radical (unpaired) electrons. The highest BCUT2D eigenvalue weighted by Crippen LogP contribution is 2.25. The van der Waals surface area contributed by atoms with Gasteiger partial charge < -0.3 is 19.8 Å². The Balaban J connectivity index is 1.60. The molecule has 1 amide bonds. The van der Waals surface area contributed by atoms with Gasteiger partial charge in [-0.05, 0) is 17.7 Å². The molecule has 0 aliphatic carbocycles. The van der Waals surface area contributed by atoms with Crippen LogP contribution in [0.25, 0.3) is 0 Å². The van der Waals surface area contributed by atoms with Crippen LogP contribution in [0.2, 0.25) is 5.02 Å². The van der Waals surface area contributed by atoms with Crippen LogP contribution in [0, 0.1) is 0 Å². The van der Waals surface area contributed by atoms with Crippen molar-refractivity contribution in [1.29, 1.82) is 0 Å². The van der Waals surface area contributed by atoms with Crippen molar-refractivity contribution < 1.29 is 19.7 Å². The lowest BCUT2D eigenvalue weighted by Gasteiger charge is -2.33. The van der Waals surface area contributed by atoms with Crippen LogP contribution in [0.4, 0.5) is 0 Å². The summed E-state index contributed by atoms with van der Waals surface area (Å²) in [5, 5.41) is 19.9. The number of hydrogen-bond acceptors (Lipinski definition) is 5. The fourth-order valence-electron chi connectivity index (χ4n) is 3.19. The highest BCUT2D eigenvalue weighted by Gasteiger charge is 2.37. The Morgan fingerprint density at radius 2 is 2.04 bits per heavy atom. The zero-order chi connectivity index (χ0) is 16.4. The van der Waals surface area contributed by atoms with E-state index in [0.29, 0.717) is 26.3 Å². The number of likely N-dealkylation sites (tertiary alicyclic amines) is 1. The van der Waals surface area contributed by atoms with Crippen molar-refractivity contribution in [2.75, 3.05) is 39.4 Å². The molecule has 2 atom stereocenters. The van der Waals surface area contributed by atoms with E-state index in [2.05, 4.69) is 4.90 Å².